The van der Waals surface area contributed by atoms with E-state index in [0.717, 1.165) is 24.5 Å². The number of carbonyl (C=O) groups is 1. The lowest BCUT2D eigenvalue weighted by Crippen LogP contribution is -2.34. The zero-order chi connectivity index (χ0) is 22.3. The summed E-state index contributed by atoms with van der Waals surface area (Å²) in [4.78, 5) is 21.7. The largest absolute Gasteiger partial charge is 0.346 e. The average molecular weight is 443 g/mol. The molecule has 2 fully saturated rings. The molecule has 0 N–H and O–H groups in total. The second-order valence-electron chi connectivity index (χ2n) is 9.02. The van der Waals surface area contributed by atoms with Gasteiger partial charge < -0.3 is 4.90 Å². The van der Waals surface area contributed by atoms with Gasteiger partial charge in [0.2, 0.25) is 0 Å². The lowest BCUT2D eigenvalue weighted by atomic mass is 10.0. The Morgan fingerprint density at radius 2 is 1.97 bits per heavy atom. The molecule has 0 unspecified atom stereocenters. The van der Waals surface area contributed by atoms with Gasteiger partial charge in [0, 0.05) is 23.9 Å². The SMILES string of the molecule is O=C1c2ccccc2CN1c1cnn2ccc(N3CC[C@H]4C[C@]43c3cc(F)ccc3F)nc12. The fourth-order valence-corrected chi connectivity index (χ4v) is 5.73. The Balaban J connectivity index is 1.31. The van der Waals surface area contributed by atoms with E-state index in [-0.39, 0.29) is 11.8 Å². The van der Waals surface area contributed by atoms with Crippen LogP contribution in [0.15, 0.2) is 60.9 Å². The number of benzene rings is 2. The van der Waals surface area contributed by atoms with Crippen molar-refractivity contribution in [3.8, 4) is 0 Å². The van der Waals surface area contributed by atoms with Crippen molar-refractivity contribution in [2.24, 2.45) is 5.92 Å². The molecular weight excluding hydrogens is 424 g/mol. The van der Waals surface area contributed by atoms with Crippen molar-refractivity contribution in [1.82, 2.24) is 14.6 Å². The van der Waals surface area contributed by atoms with Gasteiger partial charge in [-0.05, 0) is 54.7 Å². The Morgan fingerprint density at radius 3 is 2.82 bits per heavy atom. The second kappa shape index (κ2) is 6.37. The normalized spacial score (nSPS) is 23.3. The fourth-order valence-electron chi connectivity index (χ4n) is 5.73. The molecule has 2 aromatic heterocycles. The highest BCUT2D eigenvalue weighted by Gasteiger charge is 2.64. The lowest BCUT2D eigenvalue weighted by molar-refractivity contribution is 0.0997. The summed E-state index contributed by atoms with van der Waals surface area (Å²) in [6.45, 7) is 1.17. The van der Waals surface area contributed by atoms with Gasteiger partial charge in [-0.3, -0.25) is 9.69 Å². The molecule has 6 nitrogen and oxygen atoms in total. The van der Waals surface area contributed by atoms with Gasteiger partial charge in [-0.15, -0.1) is 0 Å². The number of hydrogen-bond acceptors (Lipinski definition) is 4. The van der Waals surface area contributed by atoms with Crippen molar-refractivity contribution in [3.05, 3.63) is 89.2 Å². The van der Waals surface area contributed by atoms with E-state index in [9.17, 15) is 13.6 Å². The lowest BCUT2D eigenvalue weighted by Gasteiger charge is -2.30. The molecule has 33 heavy (non-hydrogen) atoms. The van der Waals surface area contributed by atoms with Crippen LogP contribution in [0.2, 0.25) is 0 Å². The summed E-state index contributed by atoms with van der Waals surface area (Å²) < 4.78 is 30.4. The number of rotatable bonds is 3. The minimum atomic E-state index is -0.572. The van der Waals surface area contributed by atoms with Crippen LogP contribution in [0.1, 0.15) is 34.3 Å². The van der Waals surface area contributed by atoms with E-state index in [0.29, 0.717) is 41.4 Å². The topological polar surface area (TPSA) is 53.7 Å². The van der Waals surface area contributed by atoms with E-state index < -0.39 is 17.2 Å². The van der Waals surface area contributed by atoms with Crippen LogP contribution < -0.4 is 9.80 Å². The molecule has 1 saturated carbocycles. The molecule has 0 radical (unpaired) electrons. The Morgan fingerprint density at radius 1 is 1.09 bits per heavy atom. The number of nitrogens with zero attached hydrogens (tertiary/aromatic N) is 5. The van der Waals surface area contributed by atoms with Gasteiger partial charge in [0.1, 0.15) is 23.1 Å². The number of carbonyl (C=O) groups excluding carboxylic acids is 1. The zero-order valence-corrected chi connectivity index (χ0v) is 17.6. The molecule has 1 saturated heterocycles. The highest BCUT2D eigenvalue weighted by Crippen LogP contribution is 2.63. The number of amides is 1. The van der Waals surface area contributed by atoms with Crippen molar-refractivity contribution >= 4 is 23.1 Å². The fraction of sp³-hybridized carbons (Fsp3) is 0.240. The van der Waals surface area contributed by atoms with Crippen LogP contribution in [0.3, 0.4) is 0 Å². The van der Waals surface area contributed by atoms with Gasteiger partial charge in [0.05, 0.1) is 18.3 Å². The van der Waals surface area contributed by atoms with Crippen LogP contribution in [0.5, 0.6) is 0 Å². The summed E-state index contributed by atoms with van der Waals surface area (Å²) in [5, 5.41) is 4.39. The van der Waals surface area contributed by atoms with Crippen molar-refractivity contribution < 1.29 is 13.6 Å². The maximum Gasteiger partial charge on any atom is 0.259 e. The summed E-state index contributed by atoms with van der Waals surface area (Å²) >= 11 is 0. The average Bonchev–Trinajstić information content (AvgIpc) is 3.10. The monoisotopic (exact) mass is 443 g/mol. The number of anilines is 2. The van der Waals surface area contributed by atoms with Crippen molar-refractivity contribution in [2.45, 2.75) is 24.9 Å². The van der Waals surface area contributed by atoms with Gasteiger partial charge >= 0.3 is 0 Å². The molecule has 4 heterocycles. The van der Waals surface area contributed by atoms with E-state index in [1.165, 1.54) is 12.1 Å². The molecule has 2 aromatic carbocycles. The standard InChI is InChI=1S/C25H19F2N5O/c26-17-5-6-20(27)19(11-17)25-12-16(25)7-9-31(25)22-8-10-32-23(29-22)21(13-28-32)30-14-15-3-1-2-4-18(15)24(30)33/h1-6,8,10-11,13,16H,7,9,12,14H2/t16-,25+/m0/s1. The third-order valence-electron chi connectivity index (χ3n) is 7.37. The Labute approximate surface area is 188 Å². The minimum Gasteiger partial charge on any atom is -0.346 e. The van der Waals surface area contributed by atoms with Crippen LogP contribution in [-0.2, 0) is 12.1 Å². The summed E-state index contributed by atoms with van der Waals surface area (Å²) in [5.41, 5.74) is 2.68. The van der Waals surface area contributed by atoms with Gasteiger partial charge in [0.25, 0.3) is 5.91 Å². The first-order valence-electron chi connectivity index (χ1n) is 11.0. The molecule has 0 spiro atoms. The van der Waals surface area contributed by atoms with Gasteiger partial charge in [-0.2, -0.15) is 5.10 Å². The molecule has 0 bridgehead atoms. The van der Waals surface area contributed by atoms with Crippen LogP contribution in [-0.4, -0.2) is 27.0 Å². The maximum absolute atomic E-state index is 14.8. The van der Waals surface area contributed by atoms with Crippen molar-refractivity contribution in [1.29, 1.82) is 0 Å². The summed E-state index contributed by atoms with van der Waals surface area (Å²) in [6.07, 6.45) is 5.13. The predicted octanol–water partition coefficient (Wildman–Crippen LogP) is 4.29. The molecule has 2 aliphatic heterocycles. The Hall–Kier alpha value is -3.81. The quantitative estimate of drug-likeness (QED) is 0.474. The molecular formula is C25H19F2N5O. The highest BCUT2D eigenvalue weighted by molar-refractivity contribution is 6.11. The maximum atomic E-state index is 14.8. The highest BCUT2D eigenvalue weighted by atomic mass is 19.1. The van der Waals surface area contributed by atoms with E-state index in [1.54, 1.807) is 21.8 Å². The number of fused-ring (bicyclic) bond motifs is 3. The molecule has 4 aromatic rings. The Bertz CT molecular complexity index is 1470. The summed E-state index contributed by atoms with van der Waals surface area (Å²) in [5.74, 6) is 0.0431. The van der Waals surface area contributed by atoms with Gasteiger partial charge in [0.15, 0.2) is 5.65 Å². The molecule has 2 atom stereocenters. The molecule has 8 heteroatoms. The molecule has 164 valence electrons. The van der Waals surface area contributed by atoms with Crippen LogP contribution in [0.4, 0.5) is 20.3 Å². The van der Waals surface area contributed by atoms with Crippen LogP contribution >= 0.6 is 0 Å². The first-order valence-corrected chi connectivity index (χ1v) is 11.0. The zero-order valence-electron chi connectivity index (χ0n) is 17.6. The van der Waals surface area contributed by atoms with E-state index in [1.807, 2.05) is 30.3 Å². The summed E-state index contributed by atoms with van der Waals surface area (Å²) in [7, 11) is 0. The molecule has 3 aliphatic rings. The Kier molecular flexibility index (Phi) is 3.62. The van der Waals surface area contributed by atoms with E-state index >= 15 is 0 Å². The smallest absolute Gasteiger partial charge is 0.259 e. The van der Waals surface area contributed by atoms with Crippen LogP contribution in [0, 0.1) is 17.6 Å². The van der Waals surface area contributed by atoms with Crippen molar-refractivity contribution in [3.63, 3.8) is 0 Å². The number of halogens is 2. The molecule has 1 aliphatic carbocycles. The third-order valence-corrected chi connectivity index (χ3v) is 7.37. The van der Waals surface area contributed by atoms with Gasteiger partial charge in [-0.25, -0.2) is 18.3 Å². The molecule has 7 rings (SSSR count). The third kappa shape index (κ3) is 2.49. The number of piperidine rings is 1. The minimum absolute atomic E-state index is 0.0746. The number of hydrogen-bond donors (Lipinski definition) is 0. The molecule has 1 amide bonds. The summed E-state index contributed by atoms with van der Waals surface area (Å²) in [6, 6.07) is 13.1. The van der Waals surface area contributed by atoms with Gasteiger partial charge in [-0.1, -0.05) is 18.2 Å². The number of aromatic nitrogens is 3. The second-order valence-corrected chi connectivity index (χ2v) is 9.02. The van der Waals surface area contributed by atoms with E-state index in [2.05, 4.69) is 10.00 Å². The van der Waals surface area contributed by atoms with E-state index in [4.69, 9.17) is 4.98 Å². The first kappa shape index (κ1) is 18.7. The first-order chi connectivity index (χ1) is 16.1. The van der Waals surface area contributed by atoms with Crippen molar-refractivity contribution in [2.75, 3.05) is 16.3 Å². The predicted molar refractivity (Wildman–Crippen MR) is 118 cm³/mol. The van der Waals surface area contributed by atoms with Crippen LogP contribution in [0.25, 0.3) is 5.65 Å².